The number of benzene rings is 1. The van der Waals surface area contributed by atoms with Crippen LogP contribution in [0, 0.1) is 16.7 Å². The SMILES string of the molecule is CN(C(=O)C1NCCCC1(C)C)c1ccc(C#N)cc1. The van der Waals surface area contributed by atoms with Crippen LogP contribution in [0.3, 0.4) is 0 Å². The number of carbonyl (C=O) groups excluding carboxylic acids is 1. The van der Waals surface area contributed by atoms with Crippen molar-refractivity contribution in [2.75, 3.05) is 18.5 Å². The molecule has 20 heavy (non-hydrogen) atoms. The monoisotopic (exact) mass is 271 g/mol. The summed E-state index contributed by atoms with van der Waals surface area (Å²) in [6.45, 7) is 5.16. The molecular weight excluding hydrogens is 250 g/mol. The van der Waals surface area contributed by atoms with Crippen LogP contribution in [-0.2, 0) is 4.79 Å². The number of carbonyl (C=O) groups is 1. The summed E-state index contributed by atoms with van der Waals surface area (Å²) in [6, 6.07) is 9.02. The average Bonchev–Trinajstić information content (AvgIpc) is 2.45. The fourth-order valence-corrected chi connectivity index (χ4v) is 2.71. The van der Waals surface area contributed by atoms with E-state index in [-0.39, 0.29) is 17.4 Å². The van der Waals surface area contributed by atoms with Gasteiger partial charge >= 0.3 is 0 Å². The molecule has 0 bridgehead atoms. The van der Waals surface area contributed by atoms with Gasteiger partial charge < -0.3 is 10.2 Å². The number of hydrogen-bond donors (Lipinski definition) is 1. The summed E-state index contributed by atoms with van der Waals surface area (Å²) in [4.78, 5) is 14.3. The predicted octanol–water partition coefficient (Wildman–Crippen LogP) is 2.30. The van der Waals surface area contributed by atoms with Crippen molar-refractivity contribution >= 4 is 11.6 Å². The van der Waals surface area contributed by atoms with Gasteiger partial charge in [-0.05, 0) is 49.1 Å². The highest BCUT2D eigenvalue weighted by atomic mass is 16.2. The Morgan fingerprint density at radius 1 is 1.40 bits per heavy atom. The Balaban J connectivity index is 2.17. The van der Waals surface area contributed by atoms with Crippen molar-refractivity contribution in [2.45, 2.75) is 32.7 Å². The first-order valence-corrected chi connectivity index (χ1v) is 6.97. The Kier molecular flexibility index (Phi) is 4.10. The molecule has 0 saturated carbocycles. The van der Waals surface area contributed by atoms with E-state index in [2.05, 4.69) is 25.2 Å². The summed E-state index contributed by atoms with van der Waals surface area (Å²) >= 11 is 0. The maximum Gasteiger partial charge on any atom is 0.244 e. The number of likely N-dealkylation sites (N-methyl/N-ethyl adjacent to an activating group) is 1. The second kappa shape index (κ2) is 5.64. The van der Waals surface area contributed by atoms with Crippen molar-refractivity contribution in [3.63, 3.8) is 0 Å². The minimum atomic E-state index is -0.156. The van der Waals surface area contributed by atoms with Gasteiger partial charge in [-0.15, -0.1) is 0 Å². The molecule has 2 rings (SSSR count). The first kappa shape index (κ1) is 14.5. The van der Waals surface area contributed by atoms with E-state index in [9.17, 15) is 4.79 Å². The Bertz CT molecular complexity index is 528. The van der Waals surface area contributed by atoms with Gasteiger partial charge in [-0.25, -0.2) is 0 Å². The number of hydrogen-bond acceptors (Lipinski definition) is 3. The van der Waals surface area contributed by atoms with Crippen LogP contribution < -0.4 is 10.2 Å². The van der Waals surface area contributed by atoms with Gasteiger partial charge in [0.2, 0.25) is 5.91 Å². The van der Waals surface area contributed by atoms with Gasteiger partial charge in [0.05, 0.1) is 17.7 Å². The number of rotatable bonds is 2. The van der Waals surface area contributed by atoms with Crippen molar-refractivity contribution in [2.24, 2.45) is 5.41 Å². The second-order valence-corrected chi connectivity index (χ2v) is 6.04. The largest absolute Gasteiger partial charge is 0.314 e. The van der Waals surface area contributed by atoms with E-state index in [0.29, 0.717) is 5.56 Å². The lowest BCUT2D eigenvalue weighted by atomic mass is 9.77. The van der Waals surface area contributed by atoms with Crippen LogP contribution in [0.4, 0.5) is 5.69 Å². The lowest BCUT2D eigenvalue weighted by molar-refractivity contribution is -0.123. The zero-order chi connectivity index (χ0) is 14.8. The molecule has 1 heterocycles. The summed E-state index contributed by atoms with van der Waals surface area (Å²) in [6.07, 6.45) is 2.16. The highest BCUT2D eigenvalue weighted by molar-refractivity contribution is 5.97. The molecule has 1 aliphatic heterocycles. The highest BCUT2D eigenvalue weighted by Crippen LogP contribution is 2.31. The minimum Gasteiger partial charge on any atom is -0.314 e. The Hall–Kier alpha value is -1.86. The topological polar surface area (TPSA) is 56.1 Å². The van der Waals surface area contributed by atoms with E-state index < -0.39 is 0 Å². The van der Waals surface area contributed by atoms with E-state index in [4.69, 9.17) is 5.26 Å². The zero-order valence-electron chi connectivity index (χ0n) is 12.3. The molecule has 0 aromatic heterocycles. The van der Waals surface area contributed by atoms with E-state index in [1.807, 2.05) is 12.1 Å². The molecule has 0 aliphatic carbocycles. The van der Waals surface area contributed by atoms with Crippen LogP contribution in [0.2, 0.25) is 0 Å². The molecule has 1 N–H and O–H groups in total. The first-order chi connectivity index (χ1) is 9.45. The van der Waals surface area contributed by atoms with Crippen molar-refractivity contribution in [1.29, 1.82) is 5.26 Å². The third-order valence-corrected chi connectivity index (χ3v) is 4.09. The van der Waals surface area contributed by atoms with Crippen molar-refractivity contribution < 1.29 is 4.79 Å². The summed E-state index contributed by atoms with van der Waals surface area (Å²) in [5.41, 5.74) is 1.39. The summed E-state index contributed by atoms with van der Waals surface area (Å²) in [5.74, 6) is 0.0828. The molecule has 106 valence electrons. The predicted molar refractivity (Wildman–Crippen MR) is 79.4 cm³/mol. The van der Waals surface area contributed by atoms with Gasteiger partial charge in [0.15, 0.2) is 0 Å². The summed E-state index contributed by atoms with van der Waals surface area (Å²) < 4.78 is 0. The first-order valence-electron chi connectivity index (χ1n) is 6.97. The molecular formula is C16H21N3O. The third kappa shape index (κ3) is 2.83. The van der Waals surface area contributed by atoms with Crippen molar-refractivity contribution in [1.82, 2.24) is 5.32 Å². The third-order valence-electron chi connectivity index (χ3n) is 4.09. The van der Waals surface area contributed by atoms with Gasteiger partial charge in [-0.2, -0.15) is 5.26 Å². The van der Waals surface area contributed by atoms with Crippen molar-refractivity contribution in [3.8, 4) is 6.07 Å². The van der Waals surface area contributed by atoms with E-state index in [1.165, 1.54) is 0 Å². The molecule has 1 atom stereocenters. The molecule has 1 unspecified atom stereocenters. The molecule has 4 nitrogen and oxygen atoms in total. The number of piperidine rings is 1. The van der Waals surface area contributed by atoms with Crippen LogP contribution in [0.1, 0.15) is 32.3 Å². The molecule has 1 amide bonds. The molecule has 0 spiro atoms. The molecule has 1 aromatic rings. The van der Waals surface area contributed by atoms with Crippen LogP contribution in [0.25, 0.3) is 0 Å². The zero-order valence-corrected chi connectivity index (χ0v) is 12.3. The Morgan fingerprint density at radius 3 is 2.60 bits per heavy atom. The average molecular weight is 271 g/mol. The van der Waals surface area contributed by atoms with Gasteiger partial charge in [0.1, 0.15) is 0 Å². The fraction of sp³-hybridized carbons (Fsp3) is 0.500. The summed E-state index contributed by atoms with van der Waals surface area (Å²) in [7, 11) is 1.79. The minimum absolute atomic E-state index is 0.0316. The van der Waals surface area contributed by atoms with E-state index >= 15 is 0 Å². The van der Waals surface area contributed by atoms with Gasteiger partial charge in [0.25, 0.3) is 0 Å². The molecule has 1 aliphatic rings. The number of nitrogens with zero attached hydrogens (tertiary/aromatic N) is 2. The standard InChI is InChI=1S/C16H21N3O/c1-16(2)9-4-10-18-14(16)15(20)19(3)13-7-5-12(11-17)6-8-13/h5-8,14,18H,4,9-10H2,1-3H3. The van der Waals surface area contributed by atoms with Crippen molar-refractivity contribution in [3.05, 3.63) is 29.8 Å². The Morgan fingerprint density at radius 2 is 2.05 bits per heavy atom. The molecule has 1 aromatic carbocycles. The van der Waals surface area contributed by atoms with Crippen LogP contribution in [-0.4, -0.2) is 25.5 Å². The maximum absolute atomic E-state index is 12.7. The second-order valence-electron chi connectivity index (χ2n) is 6.04. The molecule has 1 fully saturated rings. The van der Waals surface area contributed by atoms with Crippen LogP contribution in [0.15, 0.2) is 24.3 Å². The quantitative estimate of drug-likeness (QED) is 0.898. The molecule has 4 heteroatoms. The molecule has 0 radical (unpaired) electrons. The van der Waals surface area contributed by atoms with Gasteiger partial charge in [0, 0.05) is 12.7 Å². The Labute approximate surface area is 120 Å². The van der Waals surface area contributed by atoms with E-state index in [1.54, 1.807) is 24.1 Å². The number of nitrogens with one attached hydrogen (secondary N) is 1. The van der Waals surface area contributed by atoms with Gasteiger partial charge in [-0.3, -0.25) is 4.79 Å². The van der Waals surface area contributed by atoms with Crippen LogP contribution in [0.5, 0.6) is 0 Å². The fourth-order valence-electron chi connectivity index (χ4n) is 2.71. The number of anilines is 1. The smallest absolute Gasteiger partial charge is 0.244 e. The lowest BCUT2D eigenvalue weighted by Crippen LogP contribution is -2.56. The maximum atomic E-state index is 12.7. The number of nitriles is 1. The van der Waals surface area contributed by atoms with Crippen LogP contribution >= 0.6 is 0 Å². The normalized spacial score (nSPS) is 21.0. The summed E-state index contributed by atoms with van der Waals surface area (Å²) in [5, 5.41) is 12.1. The number of amides is 1. The highest BCUT2D eigenvalue weighted by Gasteiger charge is 2.38. The molecule has 1 saturated heterocycles. The van der Waals surface area contributed by atoms with Gasteiger partial charge in [-0.1, -0.05) is 13.8 Å². The lowest BCUT2D eigenvalue weighted by Gasteiger charge is -2.40. The van der Waals surface area contributed by atoms with E-state index in [0.717, 1.165) is 25.1 Å².